The SMILES string of the molecule is CC(C)(NC(=O)Nc1ccc2c(c1F)CN(C1CCC(=O)NC1O)C2=O)c1nc2c(OC3CC3)cc(Cl)cc2s1. The van der Waals surface area contributed by atoms with E-state index in [-0.39, 0.29) is 48.2 Å². The van der Waals surface area contributed by atoms with Crippen LogP contribution in [0.25, 0.3) is 10.2 Å². The minimum absolute atomic E-state index is 0.0836. The fraction of sp³-hybridized carbons (Fsp3) is 0.407. The number of anilines is 1. The molecule has 10 nitrogen and oxygen atoms in total. The fourth-order valence-electron chi connectivity index (χ4n) is 5.01. The number of thiazole rings is 1. The quantitative estimate of drug-likeness (QED) is 0.341. The van der Waals surface area contributed by atoms with Crippen molar-refractivity contribution in [3.05, 3.63) is 51.2 Å². The van der Waals surface area contributed by atoms with Gasteiger partial charge in [-0.05, 0) is 51.3 Å². The first-order valence-corrected chi connectivity index (χ1v) is 14.2. The predicted octanol–water partition coefficient (Wildman–Crippen LogP) is 4.24. The maximum Gasteiger partial charge on any atom is 0.320 e. The standard InChI is InChI=1S/C27H27ClFN5O5S/c1-27(2,25-32-22-18(39-13-3-4-13)9-12(28)10-19(22)40-25)33-26(38)30-16-6-5-14-15(21(16)29)11-34(24(14)37)17-7-8-20(35)31-23(17)36/h5-6,9-10,13,17,23,36H,3-4,7-8,11H2,1-2H3,(H,31,35)(H2,30,33,38). The van der Waals surface area contributed by atoms with Crippen LogP contribution in [0.1, 0.15) is 60.5 Å². The molecule has 4 amide bonds. The van der Waals surface area contributed by atoms with Gasteiger partial charge in [-0.25, -0.2) is 14.2 Å². The third-order valence-electron chi connectivity index (χ3n) is 7.26. The second-order valence-electron chi connectivity index (χ2n) is 10.8. The van der Waals surface area contributed by atoms with Crippen LogP contribution in [-0.4, -0.2) is 51.2 Å². The van der Waals surface area contributed by atoms with Crippen molar-refractivity contribution >= 4 is 56.7 Å². The Morgan fingerprint density at radius 2 is 2.05 bits per heavy atom. The lowest BCUT2D eigenvalue weighted by molar-refractivity contribution is -0.129. The number of urea groups is 1. The smallest absolute Gasteiger partial charge is 0.320 e. The molecule has 2 atom stereocenters. The molecular weight excluding hydrogens is 561 g/mol. The second kappa shape index (κ2) is 9.86. The van der Waals surface area contributed by atoms with Crippen molar-refractivity contribution in [3.8, 4) is 5.75 Å². The molecule has 2 unspecified atom stereocenters. The summed E-state index contributed by atoms with van der Waals surface area (Å²) in [6, 6.07) is 5.01. The lowest BCUT2D eigenvalue weighted by atomic mass is 10.0. The van der Waals surface area contributed by atoms with Crippen LogP contribution in [0.3, 0.4) is 0 Å². The summed E-state index contributed by atoms with van der Waals surface area (Å²) in [5.41, 5.74) is -0.0512. The molecule has 2 aromatic carbocycles. The molecule has 40 heavy (non-hydrogen) atoms. The highest BCUT2D eigenvalue weighted by Gasteiger charge is 2.40. The Hall–Kier alpha value is -3.48. The average molecular weight is 588 g/mol. The highest BCUT2D eigenvalue weighted by atomic mass is 35.5. The number of hydrogen-bond donors (Lipinski definition) is 4. The highest BCUT2D eigenvalue weighted by Crippen LogP contribution is 2.39. The van der Waals surface area contributed by atoms with E-state index in [9.17, 15) is 19.5 Å². The average Bonchev–Trinajstić information content (AvgIpc) is 3.47. The summed E-state index contributed by atoms with van der Waals surface area (Å²) in [7, 11) is 0. The van der Waals surface area contributed by atoms with E-state index in [4.69, 9.17) is 21.3 Å². The van der Waals surface area contributed by atoms with Gasteiger partial charge in [-0.1, -0.05) is 11.6 Å². The van der Waals surface area contributed by atoms with Gasteiger partial charge in [0.1, 0.15) is 22.5 Å². The minimum Gasteiger partial charge on any atom is -0.488 e. The van der Waals surface area contributed by atoms with Crippen LogP contribution < -0.4 is 20.7 Å². The van der Waals surface area contributed by atoms with E-state index in [1.54, 1.807) is 26.0 Å². The summed E-state index contributed by atoms with van der Waals surface area (Å²) >= 11 is 7.67. The van der Waals surface area contributed by atoms with Crippen molar-refractivity contribution in [2.24, 2.45) is 0 Å². The lowest BCUT2D eigenvalue weighted by Crippen LogP contribution is -2.55. The van der Waals surface area contributed by atoms with E-state index < -0.39 is 35.6 Å². The molecule has 0 spiro atoms. The topological polar surface area (TPSA) is 133 Å². The van der Waals surface area contributed by atoms with Gasteiger partial charge in [0.2, 0.25) is 5.91 Å². The molecule has 2 fully saturated rings. The van der Waals surface area contributed by atoms with E-state index in [0.717, 1.165) is 17.5 Å². The van der Waals surface area contributed by atoms with Gasteiger partial charge in [-0.2, -0.15) is 0 Å². The number of halogens is 2. The molecule has 4 N–H and O–H groups in total. The number of benzene rings is 2. The van der Waals surface area contributed by atoms with E-state index in [1.165, 1.54) is 28.4 Å². The van der Waals surface area contributed by atoms with Gasteiger partial charge in [0.25, 0.3) is 5.91 Å². The number of carbonyl (C=O) groups excluding carboxylic acids is 3. The molecule has 0 bridgehead atoms. The number of fused-ring (bicyclic) bond motifs is 2. The highest BCUT2D eigenvalue weighted by molar-refractivity contribution is 7.18. The first-order valence-electron chi connectivity index (χ1n) is 13.0. The molecule has 1 saturated heterocycles. The summed E-state index contributed by atoms with van der Waals surface area (Å²) < 4.78 is 22.3. The third-order valence-corrected chi connectivity index (χ3v) is 8.80. The van der Waals surface area contributed by atoms with E-state index >= 15 is 4.39 Å². The van der Waals surface area contributed by atoms with Crippen molar-refractivity contribution in [1.29, 1.82) is 0 Å². The van der Waals surface area contributed by atoms with Crippen molar-refractivity contribution in [1.82, 2.24) is 20.5 Å². The number of nitrogens with one attached hydrogen (secondary N) is 3. The maximum absolute atomic E-state index is 15.5. The van der Waals surface area contributed by atoms with Crippen molar-refractivity contribution in [3.63, 3.8) is 0 Å². The number of amides is 4. The Morgan fingerprint density at radius 1 is 1.27 bits per heavy atom. The molecule has 0 radical (unpaired) electrons. The van der Waals surface area contributed by atoms with Crippen molar-refractivity contribution in [2.75, 3.05) is 5.32 Å². The van der Waals surface area contributed by atoms with Gasteiger partial charge in [0.05, 0.1) is 34.6 Å². The van der Waals surface area contributed by atoms with Crippen LogP contribution in [0.2, 0.25) is 5.02 Å². The molecule has 3 heterocycles. The first kappa shape index (κ1) is 26.7. The van der Waals surface area contributed by atoms with E-state index in [1.807, 2.05) is 0 Å². The Labute approximate surface area is 237 Å². The third kappa shape index (κ3) is 4.95. The summed E-state index contributed by atoms with van der Waals surface area (Å²) in [6.07, 6.45) is 1.34. The number of ether oxygens (including phenoxy) is 1. The molecular formula is C27H27ClFN5O5S. The molecule has 210 valence electrons. The van der Waals surface area contributed by atoms with Gasteiger partial charge in [-0.3, -0.25) is 9.59 Å². The number of piperidine rings is 1. The maximum atomic E-state index is 15.5. The van der Waals surface area contributed by atoms with Crippen LogP contribution >= 0.6 is 22.9 Å². The second-order valence-corrected chi connectivity index (χ2v) is 12.3. The number of aliphatic hydroxyl groups is 1. The van der Waals surface area contributed by atoms with Crippen LogP contribution in [0.15, 0.2) is 24.3 Å². The minimum atomic E-state index is -1.23. The zero-order valence-electron chi connectivity index (χ0n) is 21.7. The molecule has 1 aliphatic carbocycles. The van der Waals surface area contributed by atoms with Gasteiger partial charge in [-0.15, -0.1) is 11.3 Å². The number of aromatic nitrogens is 1. The van der Waals surface area contributed by atoms with E-state index in [0.29, 0.717) is 21.3 Å². The van der Waals surface area contributed by atoms with Gasteiger partial charge in [0, 0.05) is 28.6 Å². The Bertz CT molecular complexity index is 1560. The van der Waals surface area contributed by atoms with Gasteiger partial charge >= 0.3 is 6.03 Å². The zero-order valence-corrected chi connectivity index (χ0v) is 23.3. The monoisotopic (exact) mass is 587 g/mol. The van der Waals surface area contributed by atoms with Crippen LogP contribution in [0, 0.1) is 5.82 Å². The molecule has 3 aromatic rings. The number of hydrogen-bond acceptors (Lipinski definition) is 7. The largest absolute Gasteiger partial charge is 0.488 e. The summed E-state index contributed by atoms with van der Waals surface area (Å²) in [5, 5.41) is 19.2. The molecule has 13 heteroatoms. The number of rotatable bonds is 6. The predicted molar refractivity (Wildman–Crippen MR) is 147 cm³/mol. The van der Waals surface area contributed by atoms with Crippen LogP contribution in [0.4, 0.5) is 14.9 Å². The Morgan fingerprint density at radius 3 is 2.77 bits per heavy atom. The molecule has 1 aromatic heterocycles. The van der Waals surface area contributed by atoms with Gasteiger partial charge < -0.3 is 30.7 Å². The Balaban J connectivity index is 1.17. The fourth-order valence-corrected chi connectivity index (χ4v) is 6.37. The molecule has 3 aliphatic rings. The lowest BCUT2D eigenvalue weighted by Gasteiger charge is -2.35. The Kier molecular flexibility index (Phi) is 6.59. The summed E-state index contributed by atoms with van der Waals surface area (Å²) in [6.45, 7) is 3.49. The summed E-state index contributed by atoms with van der Waals surface area (Å²) in [4.78, 5) is 43.6. The molecule has 6 rings (SSSR count). The van der Waals surface area contributed by atoms with Crippen molar-refractivity contribution in [2.45, 2.75) is 70.0 Å². The van der Waals surface area contributed by atoms with Crippen LogP contribution in [-0.2, 0) is 16.9 Å². The van der Waals surface area contributed by atoms with Crippen LogP contribution in [0.5, 0.6) is 5.75 Å². The normalized spacial score (nSPS) is 20.9. The van der Waals surface area contributed by atoms with Gasteiger partial charge in [0.15, 0.2) is 5.82 Å². The molecule has 2 aliphatic heterocycles. The number of aliphatic hydroxyl groups excluding tert-OH is 1. The number of carbonyl (C=O) groups is 3. The van der Waals surface area contributed by atoms with E-state index in [2.05, 4.69) is 16.0 Å². The summed E-state index contributed by atoms with van der Waals surface area (Å²) in [5.74, 6) is -0.861. The zero-order chi connectivity index (χ0) is 28.3. The first-order chi connectivity index (χ1) is 19.0. The number of nitrogens with zero attached hydrogens (tertiary/aromatic N) is 2. The van der Waals surface area contributed by atoms with Crippen molar-refractivity contribution < 1.29 is 28.6 Å². The molecule has 1 saturated carbocycles.